The molecular formula is C55H40N2. The monoisotopic (exact) mass is 728 g/mol. The normalized spacial score (nSPS) is 14.2. The highest BCUT2D eigenvalue weighted by Gasteiger charge is 2.52. The lowest BCUT2D eigenvalue weighted by Crippen LogP contribution is -2.27. The Hall–Kier alpha value is -7.16. The molecule has 270 valence electrons. The molecule has 1 spiro atoms. The Balaban J connectivity index is 0.000000135. The van der Waals surface area contributed by atoms with Crippen molar-refractivity contribution in [1.82, 2.24) is 4.57 Å². The standard InChI is InChI=1S/C31H23N.C24H17N/c1-2-10-21(11-3-1)32-22-18-19-26-25-14-6-9-17-29(25)31(30(26)20-22)27-15-7-4-12-23(27)24-13-5-8-16-28(24)31;1-3-9-18(10-4-1)19-15-16-24-22(17-19)21-13-7-8-14-23(21)25(24)20-11-5-2-6-12-20/h1-8,10-16,18-20,32H,9,17H2;1-17H. The van der Waals surface area contributed by atoms with Crippen LogP contribution in [0.1, 0.15) is 35.1 Å². The van der Waals surface area contributed by atoms with Crippen molar-refractivity contribution in [2.75, 3.05) is 5.32 Å². The first-order valence-corrected chi connectivity index (χ1v) is 20.0. The molecule has 0 unspecified atom stereocenters. The maximum atomic E-state index is 3.63. The SMILES string of the molecule is C1=CC2=C(CC1)C1(c3cc(Nc4ccccc4)ccc32)c2ccccc2-c2ccccc21.c1ccc(-c2ccc3c(c2)c2ccccc2n3-c2ccccc2)cc1. The van der Waals surface area contributed by atoms with Gasteiger partial charge in [-0.25, -0.2) is 0 Å². The molecule has 3 aliphatic carbocycles. The number of nitrogens with one attached hydrogen (secondary N) is 1. The molecule has 0 saturated heterocycles. The van der Waals surface area contributed by atoms with Crippen molar-refractivity contribution in [3.05, 3.63) is 240 Å². The van der Waals surface area contributed by atoms with Gasteiger partial charge in [-0.05, 0) is 123 Å². The molecule has 12 rings (SSSR count). The first-order chi connectivity index (χ1) is 28.3. The van der Waals surface area contributed by atoms with Crippen molar-refractivity contribution >= 4 is 38.8 Å². The molecule has 0 radical (unpaired) electrons. The van der Waals surface area contributed by atoms with Crippen LogP contribution in [0.5, 0.6) is 0 Å². The molecule has 1 aromatic heterocycles. The van der Waals surface area contributed by atoms with Gasteiger partial charge in [-0.3, -0.25) is 0 Å². The molecule has 9 aromatic rings. The molecule has 57 heavy (non-hydrogen) atoms. The van der Waals surface area contributed by atoms with E-state index >= 15 is 0 Å². The number of anilines is 2. The lowest BCUT2D eigenvalue weighted by molar-refractivity contribution is 0.714. The maximum absolute atomic E-state index is 3.63. The lowest BCUT2D eigenvalue weighted by Gasteiger charge is -2.33. The van der Waals surface area contributed by atoms with E-state index in [0.717, 1.165) is 24.2 Å². The number of allylic oxidation sites excluding steroid dienone is 4. The van der Waals surface area contributed by atoms with Crippen molar-refractivity contribution in [3.8, 4) is 27.9 Å². The number of hydrogen-bond donors (Lipinski definition) is 1. The van der Waals surface area contributed by atoms with Gasteiger partial charge in [0.25, 0.3) is 0 Å². The second kappa shape index (κ2) is 13.5. The van der Waals surface area contributed by atoms with E-state index in [1.807, 2.05) is 0 Å². The zero-order valence-corrected chi connectivity index (χ0v) is 31.6. The molecule has 0 fully saturated rings. The van der Waals surface area contributed by atoms with Crippen LogP contribution >= 0.6 is 0 Å². The number of hydrogen-bond acceptors (Lipinski definition) is 1. The van der Waals surface area contributed by atoms with E-state index in [4.69, 9.17) is 0 Å². The molecule has 1 heterocycles. The summed E-state index contributed by atoms with van der Waals surface area (Å²) >= 11 is 0. The van der Waals surface area contributed by atoms with Crippen LogP contribution in [0, 0.1) is 0 Å². The number of rotatable bonds is 4. The van der Waals surface area contributed by atoms with Crippen LogP contribution in [0.15, 0.2) is 218 Å². The number of nitrogens with zero attached hydrogens (tertiary/aromatic N) is 1. The van der Waals surface area contributed by atoms with Crippen molar-refractivity contribution in [2.24, 2.45) is 0 Å². The molecule has 3 aliphatic rings. The summed E-state index contributed by atoms with van der Waals surface area (Å²) in [5, 5.41) is 6.22. The third kappa shape index (κ3) is 5.25. The molecule has 8 aromatic carbocycles. The van der Waals surface area contributed by atoms with Crippen LogP contribution in [0.25, 0.3) is 55.3 Å². The Morgan fingerprint density at radius 2 is 1.07 bits per heavy atom. The second-order valence-corrected chi connectivity index (χ2v) is 15.2. The van der Waals surface area contributed by atoms with E-state index in [9.17, 15) is 0 Å². The summed E-state index contributed by atoms with van der Waals surface area (Å²) in [5.74, 6) is 0. The number of aromatic nitrogens is 1. The summed E-state index contributed by atoms with van der Waals surface area (Å²) in [4.78, 5) is 0. The summed E-state index contributed by atoms with van der Waals surface area (Å²) in [5.41, 5.74) is 19.6. The molecule has 1 N–H and O–H groups in total. The van der Waals surface area contributed by atoms with Gasteiger partial charge < -0.3 is 9.88 Å². The quantitative estimate of drug-likeness (QED) is 0.191. The number of benzene rings is 8. The number of fused-ring (bicyclic) bond motifs is 12. The van der Waals surface area contributed by atoms with Crippen LogP contribution in [0.3, 0.4) is 0 Å². The topological polar surface area (TPSA) is 17.0 Å². The average Bonchev–Trinajstić information content (AvgIpc) is 3.89. The summed E-state index contributed by atoms with van der Waals surface area (Å²) in [6.07, 6.45) is 6.91. The highest BCUT2D eigenvalue weighted by Crippen LogP contribution is 2.63. The van der Waals surface area contributed by atoms with Gasteiger partial charge in [-0.2, -0.15) is 0 Å². The fraction of sp³-hybridized carbons (Fsp3) is 0.0545. The molecule has 0 aliphatic heterocycles. The predicted molar refractivity (Wildman–Crippen MR) is 239 cm³/mol. The Kier molecular flexibility index (Phi) is 7.89. The van der Waals surface area contributed by atoms with Crippen molar-refractivity contribution in [2.45, 2.75) is 18.3 Å². The van der Waals surface area contributed by atoms with E-state index in [0.29, 0.717) is 0 Å². The molecule has 2 heteroatoms. The van der Waals surface area contributed by atoms with E-state index in [2.05, 4.69) is 222 Å². The van der Waals surface area contributed by atoms with Gasteiger partial charge >= 0.3 is 0 Å². The Morgan fingerprint density at radius 3 is 1.82 bits per heavy atom. The van der Waals surface area contributed by atoms with E-state index in [-0.39, 0.29) is 5.41 Å². The molecule has 0 amide bonds. The largest absolute Gasteiger partial charge is 0.356 e. The molecule has 0 saturated carbocycles. The zero-order valence-electron chi connectivity index (χ0n) is 31.6. The Bertz CT molecular complexity index is 2980. The smallest absolute Gasteiger partial charge is 0.0689 e. The van der Waals surface area contributed by atoms with Crippen molar-refractivity contribution in [3.63, 3.8) is 0 Å². The fourth-order valence-corrected chi connectivity index (χ4v) is 9.81. The molecule has 0 bridgehead atoms. The van der Waals surface area contributed by atoms with Crippen LogP contribution in [0.4, 0.5) is 11.4 Å². The van der Waals surface area contributed by atoms with E-state index in [1.54, 1.807) is 5.57 Å². The third-order valence-electron chi connectivity index (χ3n) is 12.1. The van der Waals surface area contributed by atoms with Crippen LogP contribution < -0.4 is 5.32 Å². The van der Waals surface area contributed by atoms with Crippen LogP contribution in [0.2, 0.25) is 0 Å². The Labute approximate surface area is 333 Å². The average molecular weight is 729 g/mol. The van der Waals surface area contributed by atoms with Gasteiger partial charge in [0.2, 0.25) is 0 Å². The highest BCUT2D eigenvalue weighted by molar-refractivity contribution is 6.10. The van der Waals surface area contributed by atoms with Crippen LogP contribution in [-0.2, 0) is 5.41 Å². The van der Waals surface area contributed by atoms with Gasteiger partial charge in [0.15, 0.2) is 0 Å². The number of para-hydroxylation sites is 3. The predicted octanol–water partition coefficient (Wildman–Crippen LogP) is 14.3. The minimum absolute atomic E-state index is 0.197. The molecular weight excluding hydrogens is 689 g/mol. The third-order valence-corrected chi connectivity index (χ3v) is 12.1. The second-order valence-electron chi connectivity index (χ2n) is 15.2. The molecule has 2 nitrogen and oxygen atoms in total. The molecule has 0 atom stereocenters. The lowest BCUT2D eigenvalue weighted by atomic mass is 9.68. The zero-order chi connectivity index (χ0) is 37.8. The minimum Gasteiger partial charge on any atom is -0.356 e. The van der Waals surface area contributed by atoms with E-state index < -0.39 is 0 Å². The van der Waals surface area contributed by atoms with Gasteiger partial charge in [0, 0.05) is 27.8 Å². The first kappa shape index (κ1) is 33.2. The fourth-order valence-electron chi connectivity index (χ4n) is 9.81. The summed E-state index contributed by atoms with van der Waals surface area (Å²) in [7, 11) is 0. The summed E-state index contributed by atoms with van der Waals surface area (Å²) in [6.45, 7) is 0. The van der Waals surface area contributed by atoms with Crippen molar-refractivity contribution in [1.29, 1.82) is 0 Å². The van der Waals surface area contributed by atoms with E-state index in [1.165, 1.54) is 77.6 Å². The first-order valence-electron chi connectivity index (χ1n) is 20.0. The summed E-state index contributed by atoms with van der Waals surface area (Å²) < 4.78 is 2.35. The van der Waals surface area contributed by atoms with Gasteiger partial charge in [0.1, 0.15) is 0 Å². The highest BCUT2D eigenvalue weighted by atomic mass is 15.0. The minimum atomic E-state index is -0.197. The van der Waals surface area contributed by atoms with Gasteiger partial charge in [0.05, 0.1) is 16.4 Å². The van der Waals surface area contributed by atoms with Gasteiger partial charge in [-0.15, -0.1) is 0 Å². The van der Waals surface area contributed by atoms with Crippen molar-refractivity contribution < 1.29 is 0 Å². The van der Waals surface area contributed by atoms with Gasteiger partial charge in [-0.1, -0.05) is 158 Å². The Morgan fingerprint density at radius 1 is 0.439 bits per heavy atom. The summed E-state index contributed by atoms with van der Waals surface area (Å²) in [6, 6.07) is 72.0. The maximum Gasteiger partial charge on any atom is 0.0689 e. The van der Waals surface area contributed by atoms with Crippen LogP contribution in [-0.4, -0.2) is 4.57 Å².